The van der Waals surface area contributed by atoms with Gasteiger partial charge in [-0.05, 0) is 56.4 Å². The van der Waals surface area contributed by atoms with E-state index in [2.05, 4.69) is 44.1 Å². The van der Waals surface area contributed by atoms with Crippen molar-refractivity contribution in [2.75, 3.05) is 6.54 Å². The topological polar surface area (TPSA) is 12.0 Å². The molecule has 0 aromatic carbocycles. The Hall–Kier alpha value is -0.160. The fraction of sp³-hybridized carbons (Fsp3) is 0.273. The SMILES string of the molecule is Brc1sccc1C1NCCc2sccc21. The van der Waals surface area contributed by atoms with Crippen molar-refractivity contribution in [3.8, 4) is 0 Å². The van der Waals surface area contributed by atoms with Crippen molar-refractivity contribution in [1.29, 1.82) is 0 Å². The van der Waals surface area contributed by atoms with Crippen LogP contribution in [0.2, 0.25) is 0 Å². The Morgan fingerprint density at radius 2 is 2.00 bits per heavy atom. The monoisotopic (exact) mass is 299 g/mol. The quantitative estimate of drug-likeness (QED) is 0.844. The number of halogens is 1. The van der Waals surface area contributed by atoms with Crippen molar-refractivity contribution < 1.29 is 0 Å². The van der Waals surface area contributed by atoms with Crippen molar-refractivity contribution in [2.24, 2.45) is 0 Å². The third-order valence-corrected chi connectivity index (χ3v) is 5.48. The Kier molecular flexibility index (Phi) is 2.68. The van der Waals surface area contributed by atoms with Crippen LogP contribution in [-0.2, 0) is 6.42 Å². The molecule has 1 N–H and O–H groups in total. The van der Waals surface area contributed by atoms with Crippen molar-refractivity contribution in [2.45, 2.75) is 12.5 Å². The summed E-state index contributed by atoms with van der Waals surface area (Å²) in [5.41, 5.74) is 2.84. The molecule has 78 valence electrons. The van der Waals surface area contributed by atoms with E-state index in [1.165, 1.54) is 26.2 Å². The Morgan fingerprint density at radius 1 is 1.20 bits per heavy atom. The second-order valence-corrected chi connectivity index (χ2v) is 6.82. The lowest BCUT2D eigenvalue weighted by atomic mass is 9.98. The number of hydrogen-bond donors (Lipinski definition) is 1. The molecule has 0 saturated carbocycles. The van der Waals surface area contributed by atoms with Gasteiger partial charge >= 0.3 is 0 Å². The summed E-state index contributed by atoms with van der Waals surface area (Å²) in [5, 5.41) is 7.93. The van der Waals surface area contributed by atoms with Crippen LogP contribution in [0.5, 0.6) is 0 Å². The van der Waals surface area contributed by atoms with E-state index in [1.54, 1.807) is 11.3 Å². The maximum absolute atomic E-state index is 3.62. The van der Waals surface area contributed by atoms with Gasteiger partial charge in [0.2, 0.25) is 0 Å². The van der Waals surface area contributed by atoms with Gasteiger partial charge < -0.3 is 5.32 Å². The van der Waals surface area contributed by atoms with Gasteiger partial charge in [-0.25, -0.2) is 0 Å². The molecule has 4 heteroatoms. The van der Waals surface area contributed by atoms with E-state index >= 15 is 0 Å². The molecule has 1 nitrogen and oxygen atoms in total. The highest BCUT2D eigenvalue weighted by atomic mass is 79.9. The summed E-state index contributed by atoms with van der Waals surface area (Å²) < 4.78 is 1.25. The van der Waals surface area contributed by atoms with Gasteiger partial charge in [-0.1, -0.05) is 0 Å². The summed E-state index contributed by atoms with van der Waals surface area (Å²) in [6.45, 7) is 1.08. The first-order valence-electron chi connectivity index (χ1n) is 4.89. The number of thiophene rings is 2. The summed E-state index contributed by atoms with van der Waals surface area (Å²) >= 11 is 7.26. The molecular formula is C11H10BrNS2. The number of nitrogens with one attached hydrogen (secondary N) is 1. The summed E-state index contributed by atoms with van der Waals surface area (Å²) in [5.74, 6) is 0. The molecule has 0 saturated heterocycles. The highest BCUT2D eigenvalue weighted by Crippen LogP contribution is 2.37. The largest absolute Gasteiger partial charge is 0.306 e. The lowest BCUT2D eigenvalue weighted by Crippen LogP contribution is -2.29. The van der Waals surface area contributed by atoms with Gasteiger partial charge in [0.15, 0.2) is 0 Å². The highest BCUT2D eigenvalue weighted by molar-refractivity contribution is 9.11. The van der Waals surface area contributed by atoms with E-state index in [0.29, 0.717) is 6.04 Å². The molecule has 2 aromatic heterocycles. The lowest BCUT2D eigenvalue weighted by Gasteiger charge is -2.24. The van der Waals surface area contributed by atoms with Crippen LogP contribution >= 0.6 is 38.6 Å². The average molecular weight is 300 g/mol. The zero-order valence-corrected chi connectivity index (χ0v) is 11.2. The Morgan fingerprint density at radius 3 is 2.80 bits per heavy atom. The molecule has 3 heterocycles. The summed E-state index contributed by atoms with van der Waals surface area (Å²) in [4.78, 5) is 1.54. The van der Waals surface area contributed by atoms with Gasteiger partial charge in [0.25, 0.3) is 0 Å². The number of rotatable bonds is 1. The zero-order chi connectivity index (χ0) is 10.3. The molecule has 0 spiro atoms. The number of hydrogen-bond acceptors (Lipinski definition) is 3. The summed E-state index contributed by atoms with van der Waals surface area (Å²) in [6, 6.07) is 4.85. The van der Waals surface area contributed by atoms with Crippen LogP contribution in [0.3, 0.4) is 0 Å². The second-order valence-electron chi connectivity index (χ2n) is 3.59. The van der Waals surface area contributed by atoms with Gasteiger partial charge in [-0.2, -0.15) is 0 Å². The predicted octanol–water partition coefficient (Wildman–Crippen LogP) is 3.81. The molecule has 1 aliphatic rings. The molecule has 0 fully saturated rings. The standard InChI is InChI=1S/C11H10BrNS2/c12-11-8(3-6-15-11)10-7-2-5-14-9(7)1-4-13-10/h2-3,5-6,10,13H,1,4H2. The Bertz CT molecular complexity index is 474. The molecule has 2 aromatic rings. The minimum atomic E-state index is 0.389. The van der Waals surface area contributed by atoms with Crippen LogP contribution in [0.25, 0.3) is 0 Å². The zero-order valence-electron chi connectivity index (χ0n) is 8.00. The van der Waals surface area contributed by atoms with Crippen molar-refractivity contribution in [1.82, 2.24) is 5.32 Å². The van der Waals surface area contributed by atoms with Crippen LogP contribution < -0.4 is 5.32 Å². The van der Waals surface area contributed by atoms with E-state index in [4.69, 9.17) is 0 Å². The summed E-state index contributed by atoms with van der Waals surface area (Å²) in [7, 11) is 0. The van der Waals surface area contributed by atoms with Gasteiger partial charge in [0.05, 0.1) is 9.83 Å². The first-order valence-corrected chi connectivity index (χ1v) is 7.44. The Labute approximate surface area is 105 Å². The predicted molar refractivity (Wildman–Crippen MR) is 69.9 cm³/mol. The molecule has 0 radical (unpaired) electrons. The van der Waals surface area contributed by atoms with Gasteiger partial charge in [-0.3, -0.25) is 0 Å². The highest BCUT2D eigenvalue weighted by Gasteiger charge is 2.23. The van der Waals surface area contributed by atoms with Crippen LogP contribution in [-0.4, -0.2) is 6.54 Å². The van der Waals surface area contributed by atoms with Crippen LogP contribution in [0, 0.1) is 0 Å². The van der Waals surface area contributed by atoms with Crippen molar-refractivity contribution in [3.63, 3.8) is 0 Å². The molecule has 0 amide bonds. The molecule has 1 atom stereocenters. The summed E-state index contributed by atoms with van der Waals surface area (Å²) in [6.07, 6.45) is 1.17. The second kappa shape index (κ2) is 4.01. The smallest absolute Gasteiger partial charge is 0.0749 e. The van der Waals surface area contributed by atoms with E-state index in [-0.39, 0.29) is 0 Å². The molecule has 0 aliphatic carbocycles. The Balaban J connectivity index is 2.07. The van der Waals surface area contributed by atoms with E-state index in [1.807, 2.05) is 11.3 Å². The van der Waals surface area contributed by atoms with Crippen LogP contribution in [0.15, 0.2) is 26.7 Å². The molecule has 15 heavy (non-hydrogen) atoms. The lowest BCUT2D eigenvalue weighted by molar-refractivity contribution is 0.575. The first kappa shape index (κ1) is 10.0. The van der Waals surface area contributed by atoms with Crippen molar-refractivity contribution >= 4 is 38.6 Å². The van der Waals surface area contributed by atoms with E-state index in [9.17, 15) is 0 Å². The minimum Gasteiger partial charge on any atom is -0.306 e. The maximum Gasteiger partial charge on any atom is 0.0749 e. The minimum absolute atomic E-state index is 0.389. The fourth-order valence-electron chi connectivity index (χ4n) is 2.04. The van der Waals surface area contributed by atoms with Crippen LogP contribution in [0.4, 0.5) is 0 Å². The average Bonchev–Trinajstić information content (AvgIpc) is 2.85. The third kappa shape index (κ3) is 1.69. The van der Waals surface area contributed by atoms with Crippen molar-refractivity contribution in [3.05, 3.63) is 42.7 Å². The van der Waals surface area contributed by atoms with Gasteiger partial charge in [0.1, 0.15) is 0 Å². The third-order valence-electron chi connectivity index (χ3n) is 2.75. The first-order chi connectivity index (χ1) is 7.36. The molecule has 3 rings (SSSR count). The molecule has 0 bridgehead atoms. The maximum atomic E-state index is 3.62. The molecule has 1 unspecified atom stereocenters. The van der Waals surface area contributed by atoms with Crippen LogP contribution in [0.1, 0.15) is 22.0 Å². The normalized spacial score (nSPS) is 20.2. The number of fused-ring (bicyclic) bond motifs is 1. The molecular weight excluding hydrogens is 290 g/mol. The van der Waals surface area contributed by atoms with Gasteiger partial charge in [-0.15, -0.1) is 22.7 Å². The molecule has 1 aliphatic heterocycles. The fourth-order valence-corrected chi connectivity index (χ4v) is 4.30. The van der Waals surface area contributed by atoms with E-state index < -0.39 is 0 Å². The van der Waals surface area contributed by atoms with Gasteiger partial charge in [0, 0.05) is 11.4 Å². The van der Waals surface area contributed by atoms with E-state index in [0.717, 1.165) is 6.54 Å².